The molecule has 0 unspecified atom stereocenters. The van der Waals surface area contributed by atoms with Gasteiger partial charge in [0.2, 0.25) is 0 Å². The molecular formula is C15H26N2O4. The Kier molecular flexibility index (Phi) is 8.50. The second-order valence-electron chi connectivity index (χ2n) is 5.38. The van der Waals surface area contributed by atoms with Crippen LogP contribution in [0.3, 0.4) is 0 Å². The van der Waals surface area contributed by atoms with Crippen molar-refractivity contribution < 1.29 is 19.4 Å². The number of unbranched alkanes of at least 4 members (excludes halogenated alkanes) is 1. The standard InChI is InChI=1S/C15H26N2O4/c16-13(14(18)19)10-6-7-11-17-15(20)21-12-8-4-2-1-3-5-9-12/h4,8,12-13H,1-3,5-7,9-11,16H2,(H,17,20)(H,18,19)/b8-4+/t12-,13-/m0/s1. The molecule has 0 saturated heterocycles. The van der Waals surface area contributed by atoms with E-state index in [1.807, 2.05) is 6.08 Å². The first kappa shape index (κ1) is 17.5. The van der Waals surface area contributed by atoms with Crippen molar-refractivity contribution in [3.8, 4) is 0 Å². The van der Waals surface area contributed by atoms with Crippen LogP contribution in [0.15, 0.2) is 12.2 Å². The third kappa shape index (κ3) is 8.34. The first-order chi connectivity index (χ1) is 10.1. The van der Waals surface area contributed by atoms with E-state index in [9.17, 15) is 9.59 Å². The number of nitrogens with two attached hydrogens (primary N) is 1. The first-order valence-corrected chi connectivity index (χ1v) is 7.69. The maximum absolute atomic E-state index is 11.6. The lowest BCUT2D eigenvalue weighted by atomic mass is 10.0. The summed E-state index contributed by atoms with van der Waals surface area (Å²) in [5.41, 5.74) is 5.39. The highest BCUT2D eigenvalue weighted by Gasteiger charge is 2.13. The number of nitrogens with one attached hydrogen (secondary N) is 1. The summed E-state index contributed by atoms with van der Waals surface area (Å²) in [6.07, 6.45) is 10.6. The van der Waals surface area contributed by atoms with Crippen molar-refractivity contribution in [2.45, 2.75) is 63.5 Å². The van der Waals surface area contributed by atoms with Crippen molar-refractivity contribution in [1.82, 2.24) is 5.32 Å². The van der Waals surface area contributed by atoms with Gasteiger partial charge in [-0.15, -0.1) is 0 Å². The Hall–Kier alpha value is -1.56. The molecule has 1 rings (SSSR count). The topological polar surface area (TPSA) is 102 Å². The summed E-state index contributed by atoms with van der Waals surface area (Å²) in [5, 5.41) is 11.3. The van der Waals surface area contributed by atoms with Crippen molar-refractivity contribution in [2.75, 3.05) is 6.54 Å². The van der Waals surface area contributed by atoms with Crippen molar-refractivity contribution in [1.29, 1.82) is 0 Å². The number of allylic oxidation sites excluding steroid dienone is 1. The number of hydrogen-bond donors (Lipinski definition) is 3. The number of carbonyl (C=O) groups is 2. The van der Waals surface area contributed by atoms with Gasteiger partial charge in [-0.1, -0.05) is 12.5 Å². The van der Waals surface area contributed by atoms with E-state index < -0.39 is 18.1 Å². The van der Waals surface area contributed by atoms with E-state index in [1.54, 1.807) is 0 Å². The van der Waals surface area contributed by atoms with Gasteiger partial charge in [0, 0.05) is 6.54 Å². The van der Waals surface area contributed by atoms with E-state index >= 15 is 0 Å². The number of carboxylic acid groups (broad SMARTS) is 1. The van der Waals surface area contributed by atoms with Gasteiger partial charge in [-0.3, -0.25) is 4.79 Å². The fourth-order valence-electron chi connectivity index (χ4n) is 2.21. The molecule has 0 aromatic carbocycles. The van der Waals surface area contributed by atoms with Crippen LogP contribution in [-0.2, 0) is 9.53 Å². The lowest BCUT2D eigenvalue weighted by molar-refractivity contribution is -0.138. The van der Waals surface area contributed by atoms with Gasteiger partial charge < -0.3 is 20.9 Å². The normalized spacial score (nSPS) is 21.7. The van der Waals surface area contributed by atoms with Gasteiger partial charge in [0.25, 0.3) is 0 Å². The smallest absolute Gasteiger partial charge is 0.407 e. The largest absolute Gasteiger partial charge is 0.480 e. The summed E-state index contributed by atoms with van der Waals surface area (Å²) in [4.78, 5) is 22.2. The quantitative estimate of drug-likeness (QED) is 0.494. The summed E-state index contributed by atoms with van der Waals surface area (Å²) < 4.78 is 5.34. The van der Waals surface area contributed by atoms with Gasteiger partial charge in [-0.05, 0) is 51.0 Å². The molecule has 120 valence electrons. The Balaban J connectivity index is 2.10. The zero-order valence-electron chi connectivity index (χ0n) is 12.4. The Morgan fingerprint density at radius 1 is 1.33 bits per heavy atom. The minimum Gasteiger partial charge on any atom is -0.480 e. The summed E-state index contributed by atoms with van der Waals surface area (Å²) in [6.45, 7) is 0.474. The average Bonchev–Trinajstić information content (AvgIpc) is 2.41. The molecule has 1 aliphatic carbocycles. The molecule has 0 aromatic rings. The fourth-order valence-corrected chi connectivity index (χ4v) is 2.21. The third-order valence-corrected chi connectivity index (χ3v) is 3.50. The molecule has 2 atom stereocenters. The van der Waals surface area contributed by atoms with Crippen LogP contribution in [0.4, 0.5) is 4.79 Å². The van der Waals surface area contributed by atoms with Crippen LogP contribution in [-0.4, -0.2) is 35.9 Å². The summed E-state index contributed by atoms with van der Waals surface area (Å²) in [7, 11) is 0. The molecule has 4 N–H and O–H groups in total. The van der Waals surface area contributed by atoms with Gasteiger partial charge >= 0.3 is 12.1 Å². The zero-order valence-corrected chi connectivity index (χ0v) is 12.4. The predicted molar refractivity (Wildman–Crippen MR) is 80.0 cm³/mol. The van der Waals surface area contributed by atoms with Crippen LogP contribution in [0, 0.1) is 0 Å². The van der Waals surface area contributed by atoms with E-state index in [0.29, 0.717) is 25.8 Å². The maximum atomic E-state index is 11.6. The molecule has 0 aliphatic heterocycles. The molecule has 0 saturated carbocycles. The molecule has 1 amide bonds. The number of alkyl carbamates (subject to hydrolysis) is 1. The number of carboxylic acids is 1. The van der Waals surface area contributed by atoms with E-state index in [2.05, 4.69) is 11.4 Å². The van der Waals surface area contributed by atoms with Gasteiger partial charge in [0.05, 0.1) is 0 Å². The van der Waals surface area contributed by atoms with Crippen LogP contribution >= 0.6 is 0 Å². The Bertz CT molecular complexity index is 358. The summed E-state index contributed by atoms with van der Waals surface area (Å²) >= 11 is 0. The Morgan fingerprint density at radius 3 is 2.90 bits per heavy atom. The molecule has 0 radical (unpaired) electrons. The molecule has 1 aliphatic rings. The second kappa shape index (κ2) is 10.2. The molecule has 6 heteroatoms. The lowest BCUT2D eigenvalue weighted by Gasteiger charge is -2.16. The number of aliphatic carboxylic acids is 1. The predicted octanol–water partition coefficient (Wildman–Crippen LogP) is 2.18. The SMILES string of the molecule is N[C@@H](CCCCNC(=O)O[C@H]1/C=C/CCCCC1)C(=O)O. The van der Waals surface area contributed by atoms with Gasteiger partial charge in [0.1, 0.15) is 12.1 Å². The van der Waals surface area contributed by atoms with Crippen molar-refractivity contribution >= 4 is 12.1 Å². The van der Waals surface area contributed by atoms with Crippen LogP contribution in [0.1, 0.15) is 51.4 Å². The van der Waals surface area contributed by atoms with Crippen molar-refractivity contribution in [2.24, 2.45) is 5.73 Å². The van der Waals surface area contributed by atoms with Crippen molar-refractivity contribution in [3.05, 3.63) is 12.2 Å². The highest BCUT2D eigenvalue weighted by Crippen LogP contribution is 2.14. The molecule has 0 aromatic heterocycles. The van der Waals surface area contributed by atoms with Crippen LogP contribution in [0.2, 0.25) is 0 Å². The lowest BCUT2D eigenvalue weighted by Crippen LogP contribution is -2.31. The molecule has 0 bridgehead atoms. The summed E-state index contributed by atoms with van der Waals surface area (Å²) in [5.74, 6) is -0.988. The van der Waals surface area contributed by atoms with E-state index in [0.717, 1.165) is 19.3 Å². The first-order valence-electron chi connectivity index (χ1n) is 7.69. The maximum Gasteiger partial charge on any atom is 0.407 e. The minimum atomic E-state index is -0.988. The number of rotatable bonds is 7. The van der Waals surface area contributed by atoms with E-state index in [1.165, 1.54) is 12.8 Å². The molecule has 21 heavy (non-hydrogen) atoms. The molecule has 6 nitrogen and oxygen atoms in total. The number of amides is 1. The molecule has 0 spiro atoms. The zero-order chi connectivity index (χ0) is 15.5. The van der Waals surface area contributed by atoms with Crippen molar-refractivity contribution in [3.63, 3.8) is 0 Å². The highest BCUT2D eigenvalue weighted by molar-refractivity contribution is 5.72. The van der Waals surface area contributed by atoms with Gasteiger partial charge in [-0.25, -0.2) is 4.79 Å². The van der Waals surface area contributed by atoms with Gasteiger partial charge in [-0.2, -0.15) is 0 Å². The summed E-state index contributed by atoms with van der Waals surface area (Å²) in [6, 6.07) is -0.822. The number of ether oxygens (including phenoxy) is 1. The third-order valence-electron chi connectivity index (χ3n) is 3.50. The second-order valence-corrected chi connectivity index (χ2v) is 5.38. The molecule has 0 fully saturated rings. The van der Waals surface area contributed by atoms with Crippen LogP contribution < -0.4 is 11.1 Å². The number of carbonyl (C=O) groups excluding carboxylic acids is 1. The Morgan fingerprint density at radius 2 is 2.14 bits per heavy atom. The van der Waals surface area contributed by atoms with E-state index in [4.69, 9.17) is 15.6 Å². The minimum absolute atomic E-state index is 0.134. The fraction of sp³-hybridized carbons (Fsp3) is 0.733. The van der Waals surface area contributed by atoms with Gasteiger partial charge in [0.15, 0.2) is 0 Å². The van der Waals surface area contributed by atoms with Crippen LogP contribution in [0.5, 0.6) is 0 Å². The average molecular weight is 298 g/mol. The monoisotopic (exact) mass is 298 g/mol. The molecule has 0 heterocycles. The van der Waals surface area contributed by atoms with Crippen LogP contribution in [0.25, 0.3) is 0 Å². The van der Waals surface area contributed by atoms with E-state index in [-0.39, 0.29) is 6.10 Å². The number of hydrogen-bond acceptors (Lipinski definition) is 4. The molecular weight excluding hydrogens is 272 g/mol. The highest BCUT2D eigenvalue weighted by atomic mass is 16.6. The Labute approximate surface area is 125 Å².